The summed E-state index contributed by atoms with van der Waals surface area (Å²) in [5, 5.41) is 3.42. The minimum atomic E-state index is -4.04. The third kappa shape index (κ3) is 7.16. The Bertz CT molecular complexity index is 254. The molecular formula is C14H27F3N2. The molecule has 19 heavy (non-hydrogen) atoms. The largest absolute Gasteiger partial charge is 0.389 e. The summed E-state index contributed by atoms with van der Waals surface area (Å²) in [4.78, 5) is 2.18. The Morgan fingerprint density at radius 1 is 1.26 bits per heavy atom. The molecule has 0 aromatic heterocycles. The third-order valence-electron chi connectivity index (χ3n) is 3.49. The van der Waals surface area contributed by atoms with Gasteiger partial charge in [-0.15, -0.1) is 0 Å². The van der Waals surface area contributed by atoms with E-state index in [0.29, 0.717) is 18.9 Å². The Hall–Kier alpha value is -0.290. The van der Waals surface area contributed by atoms with Gasteiger partial charge in [-0.1, -0.05) is 20.8 Å². The third-order valence-corrected chi connectivity index (χ3v) is 3.49. The highest BCUT2D eigenvalue weighted by molar-refractivity contribution is 4.84. The van der Waals surface area contributed by atoms with Gasteiger partial charge in [-0.25, -0.2) is 0 Å². The van der Waals surface area contributed by atoms with Gasteiger partial charge >= 0.3 is 6.18 Å². The van der Waals surface area contributed by atoms with Gasteiger partial charge in [-0.05, 0) is 37.8 Å². The number of likely N-dealkylation sites (tertiary alicyclic amines) is 1. The fourth-order valence-electron chi connectivity index (χ4n) is 2.83. The van der Waals surface area contributed by atoms with Crippen molar-refractivity contribution < 1.29 is 13.2 Å². The summed E-state index contributed by atoms with van der Waals surface area (Å²) in [5.41, 5.74) is 0. The van der Waals surface area contributed by atoms with Crippen LogP contribution in [-0.2, 0) is 0 Å². The zero-order valence-electron chi connectivity index (χ0n) is 12.3. The van der Waals surface area contributed by atoms with Gasteiger partial charge in [-0.2, -0.15) is 13.2 Å². The maximum atomic E-state index is 12.6. The van der Waals surface area contributed by atoms with Crippen molar-refractivity contribution in [3.05, 3.63) is 0 Å². The first-order valence-electron chi connectivity index (χ1n) is 7.32. The second-order valence-electron chi connectivity index (χ2n) is 6.18. The zero-order chi connectivity index (χ0) is 14.5. The molecule has 0 radical (unpaired) electrons. The standard InChI is InChI=1S/C14H27F3N2/c1-4-5-19-9-12(7-14(15,16)17)6-13(10-19)18-8-11(2)3/h11-13,18H,4-10H2,1-3H3. The topological polar surface area (TPSA) is 15.3 Å². The molecule has 1 aliphatic heterocycles. The molecule has 0 aliphatic carbocycles. The molecule has 1 heterocycles. The van der Waals surface area contributed by atoms with Gasteiger partial charge in [0.05, 0.1) is 0 Å². The summed E-state index contributed by atoms with van der Waals surface area (Å²) in [6.07, 6.45) is -3.04. The van der Waals surface area contributed by atoms with Crippen molar-refractivity contribution in [2.75, 3.05) is 26.2 Å². The van der Waals surface area contributed by atoms with Gasteiger partial charge in [0.25, 0.3) is 0 Å². The monoisotopic (exact) mass is 280 g/mol. The summed E-state index contributed by atoms with van der Waals surface area (Å²) < 4.78 is 37.7. The smallest absolute Gasteiger partial charge is 0.312 e. The fourth-order valence-corrected chi connectivity index (χ4v) is 2.83. The highest BCUT2D eigenvalue weighted by atomic mass is 19.4. The number of alkyl halides is 3. The van der Waals surface area contributed by atoms with Crippen molar-refractivity contribution in [3.8, 4) is 0 Å². The van der Waals surface area contributed by atoms with Crippen LogP contribution in [0.4, 0.5) is 13.2 Å². The highest BCUT2D eigenvalue weighted by Crippen LogP contribution is 2.30. The molecule has 0 aromatic carbocycles. The van der Waals surface area contributed by atoms with Crippen LogP contribution < -0.4 is 5.32 Å². The molecule has 2 nitrogen and oxygen atoms in total. The SMILES string of the molecule is CCCN1CC(CC(F)(F)F)CC(NCC(C)C)C1. The summed E-state index contributed by atoms with van der Waals surface area (Å²) in [5.74, 6) is 0.271. The van der Waals surface area contributed by atoms with E-state index in [9.17, 15) is 13.2 Å². The maximum absolute atomic E-state index is 12.6. The lowest BCUT2D eigenvalue weighted by atomic mass is 9.91. The van der Waals surface area contributed by atoms with Crippen LogP contribution in [0.15, 0.2) is 0 Å². The maximum Gasteiger partial charge on any atom is 0.389 e. The number of rotatable bonds is 6. The molecule has 1 fully saturated rings. The molecule has 0 spiro atoms. The van der Waals surface area contributed by atoms with Gasteiger partial charge < -0.3 is 10.2 Å². The van der Waals surface area contributed by atoms with Crippen molar-refractivity contribution in [2.45, 2.75) is 52.3 Å². The van der Waals surface area contributed by atoms with Crippen molar-refractivity contribution in [3.63, 3.8) is 0 Å². The summed E-state index contributed by atoms with van der Waals surface area (Å²) in [7, 11) is 0. The number of nitrogens with one attached hydrogen (secondary N) is 1. The van der Waals surface area contributed by atoms with Crippen molar-refractivity contribution >= 4 is 0 Å². The molecule has 5 heteroatoms. The zero-order valence-corrected chi connectivity index (χ0v) is 12.3. The average Bonchev–Trinajstić information content (AvgIpc) is 2.24. The summed E-state index contributed by atoms with van der Waals surface area (Å²) in [6, 6.07) is 0.204. The van der Waals surface area contributed by atoms with Crippen LogP contribution in [0, 0.1) is 11.8 Å². The first-order chi connectivity index (χ1) is 8.80. The van der Waals surface area contributed by atoms with E-state index in [2.05, 4.69) is 31.0 Å². The second-order valence-corrected chi connectivity index (χ2v) is 6.18. The lowest BCUT2D eigenvalue weighted by Gasteiger charge is -2.38. The summed E-state index contributed by atoms with van der Waals surface area (Å²) >= 11 is 0. The predicted octanol–water partition coefficient (Wildman–Crippen LogP) is 3.28. The van der Waals surface area contributed by atoms with E-state index in [1.807, 2.05) is 0 Å². The molecule has 0 saturated carbocycles. The van der Waals surface area contributed by atoms with Crippen LogP contribution in [0.1, 0.15) is 40.0 Å². The summed E-state index contributed by atoms with van der Waals surface area (Å²) in [6.45, 7) is 9.56. The van der Waals surface area contributed by atoms with Gasteiger partial charge in [0.2, 0.25) is 0 Å². The Morgan fingerprint density at radius 3 is 2.47 bits per heavy atom. The number of hydrogen-bond donors (Lipinski definition) is 1. The predicted molar refractivity (Wildman–Crippen MR) is 72.1 cm³/mol. The van der Waals surface area contributed by atoms with E-state index in [0.717, 1.165) is 26.1 Å². The minimum absolute atomic E-state index is 0.204. The number of hydrogen-bond acceptors (Lipinski definition) is 2. The molecular weight excluding hydrogens is 253 g/mol. The van der Waals surface area contributed by atoms with E-state index in [4.69, 9.17) is 0 Å². The van der Waals surface area contributed by atoms with Gasteiger partial charge in [0.15, 0.2) is 0 Å². The average molecular weight is 280 g/mol. The molecule has 114 valence electrons. The Morgan fingerprint density at radius 2 is 1.95 bits per heavy atom. The quantitative estimate of drug-likeness (QED) is 0.803. The van der Waals surface area contributed by atoms with E-state index in [-0.39, 0.29) is 12.0 Å². The lowest BCUT2D eigenvalue weighted by Crippen LogP contribution is -2.50. The van der Waals surface area contributed by atoms with E-state index in [1.54, 1.807) is 0 Å². The number of halogens is 3. The van der Waals surface area contributed by atoms with Crippen LogP contribution >= 0.6 is 0 Å². The molecule has 1 rings (SSSR count). The molecule has 1 aliphatic rings. The second kappa shape index (κ2) is 7.48. The van der Waals surface area contributed by atoms with Crippen molar-refractivity contribution in [2.24, 2.45) is 11.8 Å². The Kier molecular flexibility index (Phi) is 6.60. The molecule has 0 aromatic rings. The first-order valence-corrected chi connectivity index (χ1v) is 7.32. The minimum Gasteiger partial charge on any atom is -0.312 e. The normalized spacial score (nSPS) is 26.1. The number of nitrogens with zero attached hydrogens (tertiary/aromatic N) is 1. The van der Waals surface area contributed by atoms with Crippen LogP contribution in [0.25, 0.3) is 0 Å². The number of piperidine rings is 1. The Balaban J connectivity index is 2.52. The van der Waals surface area contributed by atoms with Crippen molar-refractivity contribution in [1.82, 2.24) is 10.2 Å². The van der Waals surface area contributed by atoms with E-state index in [1.165, 1.54) is 0 Å². The van der Waals surface area contributed by atoms with Gasteiger partial charge in [0.1, 0.15) is 0 Å². The van der Waals surface area contributed by atoms with E-state index >= 15 is 0 Å². The van der Waals surface area contributed by atoms with Crippen LogP contribution in [0.3, 0.4) is 0 Å². The molecule has 2 unspecified atom stereocenters. The molecule has 1 N–H and O–H groups in total. The van der Waals surface area contributed by atoms with Gasteiger partial charge in [0, 0.05) is 25.6 Å². The van der Waals surface area contributed by atoms with Crippen LogP contribution in [-0.4, -0.2) is 43.3 Å². The van der Waals surface area contributed by atoms with E-state index < -0.39 is 12.6 Å². The lowest BCUT2D eigenvalue weighted by molar-refractivity contribution is -0.148. The van der Waals surface area contributed by atoms with Crippen LogP contribution in [0.2, 0.25) is 0 Å². The van der Waals surface area contributed by atoms with Crippen LogP contribution in [0.5, 0.6) is 0 Å². The highest BCUT2D eigenvalue weighted by Gasteiger charge is 2.36. The molecule has 1 saturated heterocycles. The first kappa shape index (κ1) is 16.8. The van der Waals surface area contributed by atoms with Crippen molar-refractivity contribution in [1.29, 1.82) is 0 Å². The Labute approximate surface area is 114 Å². The molecule has 0 amide bonds. The molecule has 2 atom stereocenters. The fraction of sp³-hybridized carbons (Fsp3) is 1.00. The van der Waals surface area contributed by atoms with Gasteiger partial charge in [-0.3, -0.25) is 0 Å². The molecule has 0 bridgehead atoms.